The molecule has 96 valence electrons. The highest BCUT2D eigenvalue weighted by Gasteiger charge is 2.21. The largest absolute Gasteiger partial charge is 0.382 e. The summed E-state index contributed by atoms with van der Waals surface area (Å²) in [4.78, 5) is 4.38. The lowest BCUT2D eigenvalue weighted by atomic mass is 10.0. The third kappa shape index (κ3) is 2.33. The van der Waals surface area contributed by atoms with E-state index in [-0.39, 0.29) is 0 Å². The number of rotatable bonds is 3. The lowest BCUT2D eigenvalue weighted by molar-refractivity contribution is 0.206. The predicted molar refractivity (Wildman–Crippen MR) is 73.4 cm³/mol. The van der Waals surface area contributed by atoms with Crippen molar-refractivity contribution in [2.45, 2.75) is 33.4 Å². The maximum absolute atomic E-state index is 10.5. The van der Waals surface area contributed by atoms with Crippen molar-refractivity contribution in [1.29, 1.82) is 0 Å². The molecule has 0 radical (unpaired) electrons. The quantitative estimate of drug-likeness (QED) is 0.948. The lowest BCUT2D eigenvalue weighted by Crippen LogP contribution is -2.11. The molecule has 1 unspecified atom stereocenters. The Morgan fingerprint density at radius 2 is 2.11 bits per heavy atom. The van der Waals surface area contributed by atoms with Gasteiger partial charge >= 0.3 is 0 Å². The fraction of sp³-hybridized carbons (Fsp3) is 0.385. The van der Waals surface area contributed by atoms with Crippen LogP contribution in [0.15, 0.2) is 22.8 Å². The van der Waals surface area contributed by atoms with Crippen LogP contribution in [0.2, 0.25) is 0 Å². The summed E-state index contributed by atoms with van der Waals surface area (Å²) in [5.41, 5.74) is 3.38. The summed E-state index contributed by atoms with van der Waals surface area (Å²) in [6.07, 6.45) is 0.994. The minimum atomic E-state index is -0.713. The van der Waals surface area contributed by atoms with Gasteiger partial charge < -0.3 is 5.11 Å². The van der Waals surface area contributed by atoms with Crippen LogP contribution < -0.4 is 0 Å². The normalized spacial score (nSPS) is 12.7. The highest BCUT2D eigenvalue weighted by Crippen LogP contribution is 2.29. The minimum Gasteiger partial charge on any atom is -0.382 e. The molecule has 2 rings (SSSR count). The highest BCUT2D eigenvalue weighted by molar-refractivity contribution is 9.10. The van der Waals surface area contributed by atoms with Crippen molar-refractivity contribution in [2.75, 3.05) is 0 Å². The zero-order valence-electron chi connectivity index (χ0n) is 10.7. The molecule has 2 aromatic heterocycles. The van der Waals surface area contributed by atoms with E-state index in [0.29, 0.717) is 0 Å². The topological polar surface area (TPSA) is 50.9 Å². The van der Waals surface area contributed by atoms with Gasteiger partial charge in [-0.3, -0.25) is 9.67 Å². The molecule has 4 nitrogen and oxygen atoms in total. The number of aryl methyl sites for hydroxylation is 3. The first-order valence-corrected chi connectivity index (χ1v) is 6.67. The fourth-order valence-corrected chi connectivity index (χ4v) is 2.54. The second-order valence-electron chi connectivity index (χ2n) is 4.22. The smallest absolute Gasteiger partial charge is 0.124 e. The van der Waals surface area contributed by atoms with Crippen LogP contribution >= 0.6 is 15.9 Å². The van der Waals surface area contributed by atoms with Gasteiger partial charge in [-0.05, 0) is 42.8 Å². The zero-order valence-corrected chi connectivity index (χ0v) is 12.3. The Hall–Kier alpha value is -1.20. The first-order valence-electron chi connectivity index (χ1n) is 5.88. The molecule has 0 spiro atoms. The summed E-state index contributed by atoms with van der Waals surface area (Å²) in [5, 5.41) is 14.7. The molecule has 2 aromatic rings. The molecule has 1 N–H and O–H groups in total. The second-order valence-corrected chi connectivity index (χ2v) is 5.08. The summed E-state index contributed by atoms with van der Waals surface area (Å²) in [6, 6.07) is 3.83. The Labute approximate surface area is 115 Å². The van der Waals surface area contributed by atoms with Crippen LogP contribution in [0.5, 0.6) is 0 Å². The number of pyridine rings is 1. The monoisotopic (exact) mass is 309 g/mol. The summed E-state index contributed by atoms with van der Waals surface area (Å²) < 4.78 is 2.60. The molecule has 0 aromatic carbocycles. The summed E-state index contributed by atoms with van der Waals surface area (Å²) in [6.45, 7) is 6.56. The molecule has 0 fully saturated rings. The molecule has 5 heteroatoms. The SMILES string of the molecule is CCn1ncc(Br)c1C(O)c1ccc(C)nc1C. The third-order valence-corrected chi connectivity index (χ3v) is 3.56. The minimum absolute atomic E-state index is 0.713. The Bertz CT molecular complexity index is 565. The van der Waals surface area contributed by atoms with E-state index in [0.717, 1.165) is 33.7 Å². The summed E-state index contributed by atoms with van der Waals surface area (Å²) in [5.74, 6) is 0. The van der Waals surface area contributed by atoms with Gasteiger partial charge in [0.1, 0.15) is 6.10 Å². The van der Waals surface area contributed by atoms with Crippen LogP contribution in [-0.4, -0.2) is 19.9 Å². The first-order chi connectivity index (χ1) is 8.54. The maximum atomic E-state index is 10.5. The maximum Gasteiger partial charge on any atom is 0.124 e. The van der Waals surface area contributed by atoms with Gasteiger partial charge in [-0.15, -0.1) is 0 Å². The molecular formula is C13H16BrN3O. The van der Waals surface area contributed by atoms with Gasteiger partial charge in [0, 0.05) is 23.5 Å². The Morgan fingerprint density at radius 1 is 1.39 bits per heavy atom. The molecule has 2 heterocycles. The lowest BCUT2D eigenvalue weighted by Gasteiger charge is -2.15. The molecule has 18 heavy (non-hydrogen) atoms. The predicted octanol–water partition coefficient (Wildman–Crippen LogP) is 2.76. The molecular weight excluding hydrogens is 294 g/mol. The van der Waals surface area contributed by atoms with Crippen molar-refractivity contribution in [3.8, 4) is 0 Å². The van der Waals surface area contributed by atoms with Crippen molar-refractivity contribution < 1.29 is 5.11 Å². The highest BCUT2D eigenvalue weighted by atomic mass is 79.9. The van der Waals surface area contributed by atoms with Gasteiger partial charge in [0.2, 0.25) is 0 Å². The number of aromatic nitrogens is 3. The number of aliphatic hydroxyl groups excluding tert-OH is 1. The number of aliphatic hydroxyl groups is 1. The number of hydrogen-bond acceptors (Lipinski definition) is 3. The van der Waals surface area contributed by atoms with E-state index in [1.165, 1.54) is 0 Å². The molecule has 0 amide bonds. The van der Waals surface area contributed by atoms with Crippen LogP contribution in [-0.2, 0) is 6.54 Å². The van der Waals surface area contributed by atoms with Gasteiger partial charge in [0.25, 0.3) is 0 Å². The van der Waals surface area contributed by atoms with Crippen molar-refractivity contribution in [2.24, 2.45) is 0 Å². The standard InChI is InChI=1S/C13H16BrN3O/c1-4-17-12(11(14)7-15-17)13(18)10-6-5-8(2)16-9(10)3/h5-7,13,18H,4H2,1-3H3. The number of halogens is 1. The van der Waals surface area contributed by atoms with E-state index in [9.17, 15) is 5.11 Å². The third-order valence-electron chi connectivity index (χ3n) is 2.95. The second kappa shape index (κ2) is 5.20. The molecule has 0 bridgehead atoms. The van der Waals surface area contributed by atoms with E-state index in [2.05, 4.69) is 26.0 Å². The van der Waals surface area contributed by atoms with E-state index in [1.807, 2.05) is 32.9 Å². The van der Waals surface area contributed by atoms with Gasteiger partial charge in [-0.1, -0.05) is 6.07 Å². The van der Waals surface area contributed by atoms with Crippen LogP contribution in [0, 0.1) is 13.8 Å². The molecule has 0 aliphatic rings. The van der Waals surface area contributed by atoms with Gasteiger partial charge in [-0.2, -0.15) is 5.10 Å². The van der Waals surface area contributed by atoms with Crippen LogP contribution in [0.4, 0.5) is 0 Å². The average Bonchev–Trinajstić information content (AvgIpc) is 2.69. The Morgan fingerprint density at radius 3 is 2.72 bits per heavy atom. The van der Waals surface area contributed by atoms with Gasteiger partial charge in [0.05, 0.1) is 16.4 Å². The molecule has 0 aliphatic carbocycles. The summed E-state index contributed by atoms with van der Waals surface area (Å²) >= 11 is 3.43. The Balaban J connectivity index is 2.47. The van der Waals surface area contributed by atoms with Crippen molar-refractivity contribution in [3.63, 3.8) is 0 Å². The number of hydrogen-bond donors (Lipinski definition) is 1. The average molecular weight is 310 g/mol. The molecule has 0 saturated heterocycles. The zero-order chi connectivity index (χ0) is 13.3. The summed E-state index contributed by atoms with van der Waals surface area (Å²) in [7, 11) is 0. The van der Waals surface area contributed by atoms with E-state index < -0.39 is 6.10 Å². The van der Waals surface area contributed by atoms with Crippen molar-refractivity contribution >= 4 is 15.9 Å². The van der Waals surface area contributed by atoms with Crippen LogP contribution in [0.25, 0.3) is 0 Å². The van der Waals surface area contributed by atoms with Gasteiger partial charge in [0.15, 0.2) is 0 Å². The number of nitrogens with zero attached hydrogens (tertiary/aromatic N) is 3. The Kier molecular flexibility index (Phi) is 3.82. The van der Waals surface area contributed by atoms with E-state index in [1.54, 1.807) is 10.9 Å². The molecule has 0 aliphatic heterocycles. The van der Waals surface area contributed by atoms with Gasteiger partial charge in [-0.25, -0.2) is 0 Å². The van der Waals surface area contributed by atoms with Crippen molar-refractivity contribution in [3.05, 3.63) is 45.4 Å². The fourth-order valence-electron chi connectivity index (χ4n) is 2.03. The molecule has 1 atom stereocenters. The van der Waals surface area contributed by atoms with Crippen LogP contribution in [0.3, 0.4) is 0 Å². The van der Waals surface area contributed by atoms with Crippen LogP contribution in [0.1, 0.15) is 35.7 Å². The van der Waals surface area contributed by atoms with E-state index in [4.69, 9.17) is 0 Å². The van der Waals surface area contributed by atoms with Crippen molar-refractivity contribution in [1.82, 2.24) is 14.8 Å². The van der Waals surface area contributed by atoms with E-state index >= 15 is 0 Å². The first kappa shape index (κ1) is 13.2. The molecule has 0 saturated carbocycles.